The highest BCUT2D eigenvalue weighted by Crippen LogP contribution is 2.21. The van der Waals surface area contributed by atoms with E-state index in [0.29, 0.717) is 0 Å². The minimum atomic E-state index is -2.84. The second-order valence-electron chi connectivity index (χ2n) is 7.27. The number of rotatable bonds is 7. The molecule has 0 bridgehead atoms. The normalized spacial score (nSPS) is 13.1. The van der Waals surface area contributed by atoms with E-state index in [1.54, 1.807) is 7.11 Å². The molecule has 6 heteroatoms. The fraction of sp³-hybridized carbons (Fsp3) is 0.333. The Balaban J connectivity index is 2.68. The fourth-order valence-electron chi connectivity index (χ4n) is 2.56. The zero-order valence-electron chi connectivity index (χ0n) is 15.5. The smallest absolute Gasteiger partial charge is 0.388 e. The Labute approximate surface area is 149 Å². The third-order valence-corrected chi connectivity index (χ3v) is 13.5. The van der Waals surface area contributed by atoms with Gasteiger partial charge in [-0.2, -0.15) is 0 Å². The first-order valence-electron chi connectivity index (χ1n) is 8.25. The van der Waals surface area contributed by atoms with Gasteiger partial charge in [0.05, 0.1) is 0 Å². The topological polar surface area (TPSA) is 27.7 Å². The van der Waals surface area contributed by atoms with Gasteiger partial charge in [-0.3, -0.25) is 0 Å². The summed E-state index contributed by atoms with van der Waals surface area (Å²) in [5.74, 6) is 0. The van der Waals surface area contributed by atoms with Crippen LogP contribution >= 0.6 is 0 Å². The van der Waals surface area contributed by atoms with Gasteiger partial charge in [0.2, 0.25) is 0 Å². The highest BCUT2D eigenvalue weighted by atomic mass is 28.5. The molecule has 0 atom stereocenters. The molecule has 24 heavy (non-hydrogen) atoms. The molecule has 0 unspecified atom stereocenters. The summed E-state index contributed by atoms with van der Waals surface area (Å²) < 4.78 is 19.4. The van der Waals surface area contributed by atoms with Crippen LogP contribution in [0.4, 0.5) is 0 Å². The molecule has 0 saturated carbocycles. The Morgan fingerprint density at radius 3 is 1.38 bits per heavy atom. The zero-order chi connectivity index (χ0) is 17.8. The van der Waals surface area contributed by atoms with Crippen molar-refractivity contribution in [1.82, 2.24) is 0 Å². The van der Waals surface area contributed by atoms with Crippen molar-refractivity contribution < 1.29 is 12.7 Å². The Hall–Kier alpha value is -1.03. The molecule has 2 aromatic carbocycles. The molecule has 0 fully saturated rings. The Morgan fingerprint density at radius 2 is 1.04 bits per heavy atom. The van der Waals surface area contributed by atoms with Crippen molar-refractivity contribution in [3.8, 4) is 0 Å². The molecule has 0 aromatic heterocycles. The van der Waals surface area contributed by atoms with Crippen LogP contribution in [0.2, 0.25) is 32.7 Å². The summed E-state index contributed by atoms with van der Waals surface area (Å²) in [5, 5.41) is 2.27. The van der Waals surface area contributed by atoms with Gasteiger partial charge < -0.3 is 12.7 Å². The van der Waals surface area contributed by atoms with Gasteiger partial charge in [0, 0.05) is 7.11 Å². The molecule has 0 spiro atoms. The number of hydrogen-bond donors (Lipinski definition) is 0. The average Bonchev–Trinajstić information content (AvgIpc) is 2.54. The lowest BCUT2D eigenvalue weighted by atomic mass is 10.4. The van der Waals surface area contributed by atoms with Gasteiger partial charge in [-0.25, -0.2) is 0 Å². The first-order valence-corrected chi connectivity index (χ1v) is 16.3. The zero-order valence-corrected chi connectivity index (χ0v) is 18.5. The maximum absolute atomic E-state index is 6.85. The molecule has 0 N–H and O–H groups in total. The Bertz CT molecular complexity index is 600. The van der Waals surface area contributed by atoms with Crippen LogP contribution < -0.4 is 10.4 Å². The molecule has 3 nitrogen and oxygen atoms in total. The summed E-state index contributed by atoms with van der Waals surface area (Å²) in [4.78, 5) is 0. The van der Waals surface area contributed by atoms with Gasteiger partial charge in [-0.1, -0.05) is 60.7 Å². The molecule has 2 aromatic rings. The molecule has 130 valence electrons. The molecule has 2 rings (SSSR count). The summed E-state index contributed by atoms with van der Waals surface area (Å²) in [5.41, 5.74) is 0. The van der Waals surface area contributed by atoms with E-state index in [1.165, 1.54) is 0 Å². The molecule has 0 aliphatic heterocycles. The molecule has 0 radical (unpaired) electrons. The van der Waals surface area contributed by atoms with E-state index in [9.17, 15) is 0 Å². The van der Waals surface area contributed by atoms with Gasteiger partial charge in [-0.15, -0.1) is 0 Å². The van der Waals surface area contributed by atoms with Gasteiger partial charge >= 0.3 is 17.1 Å². The van der Waals surface area contributed by atoms with Gasteiger partial charge in [0.15, 0.2) is 8.32 Å². The lowest BCUT2D eigenvalue weighted by Gasteiger charge is -2.41. The van der Waals surface area contributed by atoms with Crippen molar-refractivity contribution in [2.45, 2.75) is 32.7 Å². The summed E-state index contributed by atoms with van der Waals surface area (Å²) >= 11 is 0. The Kier molecular flexibility index (Phi) is 6.00. The Morgan fingerprint density at radius 1 is 0.625 bits per heavy atom. The second-order valence-corrected chi connectivity index (χ2v) is 18.7. The van der Waals surface area contributed by atoms with Crippen LogP contribution in [0.1, 0.15) is 0 Å². The van der Waals surface area contributed by atoms with E-state index in [4.69, 9.17) is 12.7 Å². The maximum atomic E-state index is 6.85. The molecular weight excluding hydrogens is 348 g/mol. The van der Waals surface area contributed by atoms with Gasteiger partial charge in [0.1, 0.15) is 0 Å². The third-order valence-electron chi connectivity index (χ3n) is 3.64. The first kappa shape index (κ1) is 19.3. The van der Waals surface area contributed by atoms with E-state index in [-0.39, 0.29) is 0 Å². The van der Waals surface area contributed by atoms with Crippen molar-refractivity contribution in [2.24, 2.45) is 0 Å². The maximum Gasteiger partial charge on any atom is 0.388 e. The van der Waals surface area contributed by atoms with E-state index in [0.717, 1.165) is 10.4 Å². The number of benzene rings is 2. The van der Waals surface area contributed by atoms with E-state index in [2.05, 4.69) is 81.3 Å². The van der Waals surface area contributed by atoms with Crippen molar-refractivity contribution in [3.63, 3.8) is 0 Å². The van der Waals surface area contributed by atoms with Crippen molar-refractivity contribution >= 4 is 35.8 Å². The van der Waals surface area contributed by atoms with Crippen molar-refractivity contribution in [1.29, 1.82) is 0 Å². The second kappa shape index (κ2) is 7.47. The molecule has 0 heterocycles. The van der Waals surface area contributed by atoms with E-state index < -0.39 is 25.4 Å². The summed E-state index contributed by atoms with van der Waals surface area (Å²) in [6.45, 7) is 10.8. The van der Waals surface area contributed by atoms with Crippen molar-refractivity contribution in [3.05, 3.63) is 60.7 Å². The molecular formula is C18H28O3Si3. The summed E-state index contributed by atoms with van der Waals surface area (Å²) in [6, 6.07) is 20.8. The van der Waals surface area contributed by atoms with Crippen LogP contribution in [0.3, 0.4) is 0 Å². The van der Waals surface area contributed by atoms with Crippen LogP contribution in [0, 0.1) is 0 Å². The molecule has 0 aliphatic carbocycles. The van der Waals surface area contributed by atoms with Gasteiger partial charge in [0.25, 0.3) is 0 Å². The lowest BCUT2D eigenvalue weighted by molar-refractivity contribution is 0.287. The van der Waals surface area contributed by atoms with Crippen LogP contribution in [0.5, 0.6) is 0 Å². The minimum Gasteiger partial charge on any atom is -0.430 e. The molecule has 0 amide bonds. The standard InChI is InChI=1S/C18H28O3Si3/c1-19-23(5,6)21-24(20-22(2,3)4,17-13-9-7-10-14-17)18-15-11-8-12-16-18/h7-16H,1-6H3. The minimum absolute atomic E-state index is 1.14. The predicted molar refractivity (Wildman–Crippen MR) is 108 cm³/mol. The number of hydrogen-bond acceptors (Lipinski definition) is 3. The summed E-state index contributed by atoms with van der Waals surface area (Å²) in [7, 11) is -5.30. The van der Waals surface area contributed by atoms with Crippen LogP contribution in [0.15, 0.2) is 60.7 Å². The lowest BCUT2D eigenvalue weighted by Crippen LogP contribution is -2.70. The van der Waals surface area contributed by atoms with Gasteiger partial charge in [-0.05, 0) is 43.1 Å². The quantitative estimate of drug-likeness (QED) is 0.693. The molecule has 0 aliphatic rings. The highest BCUT2D eigenvalue weighted by molar-refractivity contribution is 7.01. The average molecular weight is 377 g/mol. The van der Waals surface area contributed by atoms with Crippen LogP contribution in [0.25, 0.3) is 0 Å². The van der Waals surface area contributed by atoms with Crippen molar-refractivity contribution in [2.75, 3.05) is 7.11 Å². The van der Waals surface area contributed by atoms with Crippen LogP contribution in [-0.4, -0.2) is 32.5 Å². The fourth-order valence-corrected chi connectivity index (χ4v) is 13.1. The predicted octanol–water partition coefficient (Wildman–Crippen LogP) is 3.46. The van der Waals surface area contributed by atoms with E-state index >= 15 is 0 Å². The summed E-state index contributed by atoms with van der Waals surface area (Å²) in [6.07, 6.45) is 0. The molecule has 0 saturated heterocycles. The monoisotopic (exact) mass is 376 g/mol. The SMILES string of the molecule is CO[Si](C)(C)O[Si](O[Si](C)(C)C)(c1ccccc1)c1ccccc1. The van der Waals surface area contributed by atoms with E-state index in [1.807, 2.05) is 12.1 Å². The highest BCUT2D eigenvalue weighted by Gasteiger charge is 2.49. The third kappa shape index (κ3) is 4.75. The first-order chi connectivity index (χ1) is 11.2. The largest absolute Gasteiger partial charge is 0.430 e. The van der Waals surface area contributed by atoms with Crippen LogP contribution in [-0.2, 0) is 12.7 Å².